The molecule has 1 spiro atoms. The van der Waals surface area contributed by atoms with Gasteiger partial charge < -0.3 is 19.5 Å². The molecule has 1 aliphatic carbocycles. The number of rotatable bonds is 2. The maximum atomic E-state index is 13.4. The molecule has 6 aliphatic rings. The molecule has 1 saturated carbocycles. The van der Waals surface area contributed by atoms with Crippen LogP contribution in [0.1, 0.15) is 25.3 Å². The summed E-state index contributed by atoms with van der Waals surface area (Å²) in [5, 5.41) is 12.1. The first-order valence-corrected chi connectivity index (χ1v) is 10.6. The number of likely N-dealkylation sites (N-methyl/N-ethyl adjacent to an activating group) is 1. The number of anilines is 1. The van der Waals surface area contributed by atoms with Gasteiger partial charge in [0, 0.05) is 48.8 Å². The summed E-state index contributed by atoms with van der Waals surface area (Å²) in [5.74, 6) is 0.625. The third kappa shape index (κ3) is 1.62. The number of carbonyl (C=O) groups is 1. The number of hydrogen-bond acceptors (Lipinski definition) is 6. The van der Waals surface area contributed by atoms with Crippen LogP contribution >= 0.6 is 0 Å². The third-order valence-corrected chi connectivity index (χ3v) is 9.02. The predicted molar refractivity (Wildman–Crippen MR) is 108 cm³/mol. The summed E-state index contributed by atoms with van der Waals surface area (Å²) in [6, 6.07) is 6.66. The van der Waals surface area contributed by atoms with Crippen LogP contribution < -0.4 is 9.64 Å². The van der Waals surface area contributed by atoms with Crippen LogP contribution in [0.5, 0.6) is 5.75 Å². The van der Waals surface area contributed by atoms with Crippen molar-refractivity contribution < 1.29 is 19.4 Å². The molecule has 5 fully saturated rings. The van der Waals surface area contributed by atoms with E-state index in [2.05, 4.69) is 42.0 Å². The molecule has 5 aliphatic heterocycles. The second kappa shape index (κ2) is 5.35. The SMILES string of the molecule is C/C=C1/CN2[C@H]3C[C@@]45c6ccc(OC)cc6N(C)[C@@H]4[C@@H]2C[C@@H]1[C@]3(C(=O)OC)[C@@H]5O. The van der Waals surface area contributed by atoms with E-state index in [0.717, 1.165) is 36.4 Å². The maximum absolute atomic E-state index is 13.4. The van der Waals surface area contributed by atoms with Gasteiger partial charge in [0.05, 0.1) is 26.4 Å². The van der Waals surface area contributed by atoms with Gasteiger partial charge in [-0.25, -0.2) is 0 Å². The van der Waals surface area contributed by atoms with E-state index >= 15 is 0 Å². The largest absolute Gasteiger partial charge is 0.497 e. The van der Waals surface area contributed by atoms with Crippen LogP contribution in [0.3, 0.4) is 0 Å². The lowest BCUT2D eigenvalue weighted by atomic mass is 9.58. The summed E-state index contributed by atoms with van der Waals surface area (Å²) in [6.07, 6.45) is 3.06. The topological polar surface area (TPSA) is 62.2 Å². The van der Waals surface area contributed by atoms with Gasteiger partial charge in [-0.2, -0.15) is 0 Å². The molecule has 6 heteroatoms. The van der Waals surface area contributed by atoms with Crippen molar-refractivity contribution in [1.29, 1.82) is 0 Å². The van der Waals surface area contributed by atoms with Crippen molar-refractivity contribution >= 4 is 11.7 Å². The number of allylic oxidation sites excluding steroid dienone is 1. The number of nitrogens with zero attached hydrogens (tertiary/aromatic N) is 2. The minimum absolute atomic E-state index is 0.0232. The standard InChI is InChI=1S/C23H28N2O4/c1-5-12-11-25-17-9-15(12)23(21(27)29-4)18(25)10-22(20(23)26)14-7-6-13(28-3)8-16(14)24(2)19(17)22/h5-8,15,17-20,26H,9-11H2,1-4H3/b12-5-/t15-,17-,18-,19+,20+,22+,23+/m0/s1. The van der Waals surface area contributed by atoms with Crippen molar-refractivity contribution in [3.05, 3.63) is 35.4 Å². The van der Waals surface area contributed by atoms with Gasteiger partial charge in [0.1, 0.15) is 11.2 Å². The molecular weight excluding hydrogens is 368 g/mol. The van der Waals surface area contributed by atoms with Gasteiger partial charge in [-0.15, -0.1) is 0 Å². The molecule has 1 aromatic carbocycles. The number of ether oxygens (including phenoxy) is 2. The van der Waals surface area contributed by atoms with Crippen LogP contribution in [0.15, 0.2) is 29.8 Å². The van der Waals surface area contributed by atoms with Gasteiger partial charge in [-0.3, -0.25) is 9.69 Å². The molecule has 8 atom stereocenters. The summed E-state index contributed by atoms with van der Waals surface area (Å²) in [7, 11) is 5.28. The fraction of sp³-hybridized carbons (Fsp3) is 0.609. The summed E-state index contributed by atoms with van der Waals surface area (Å²) < 4.78 is 10.9. The Bertz CT molecular complexity index is 960. The highest BCUT2D eigenvalue weighted by Crippen LogP contribution is 2.72. The van der Waals surface area contributed by atoms with E-state index in [4.69, 9.17) is 9.47 Å². The average Bonchev–Trinajstić information content (AvgIpc) is 3.13. The van der Waals surface area contributed by atoms with Crippen LogP contribution in [0.2, 0.25) is 0 Å². The van der Waals surface area contributed by atoms with E-state index < -0.39 is 16.9 Å². The fourth-order valence-electron chi connectivity index (χ4n) is 8.12. The molecule has 1 aromatic rings. The molecule has 0 radical (unpaired) electrons. The summed E-state index contributed by atoms with van der Waals surface area (Å²) in [6.45, 7) is 2.94. The third-order valence-electron chi connectivity index (χ3n) is 9.02. The number of aliphatic hydroxyl groups excluding tert-OH is 1. The molecule has 6 nitrogen and oxygen atoms in total. The number of benzene rings is 1. The van der Waals surface area contributed by atoms with E-state index in [-0.39, 0.29) is 24.0 Å². The van der Waals surface area contributed by atoms with Crippen molar-refractivity contribution in [3.63, 3.8) is 0 Å². The number of esters is 1. The Morgan fingerprint density at radius 3 is 2.83 bits per heavy atom. The zero-order chi connectivity index (χ0) is 20.3. The van der Waals surface area contributed by atoms with Gasteiger partial charge in [0.2, 0.25) is 0 Å². The fourth-order valence-corrected chi connectivity index (χ4v) is 8.12. The lowest BCUT2D eigenvalue weighted by Gasteiger charge is -2.61. The average molecular weight is 396 g/mol. The summed E-state index contributed by atoms with van der Waals surface area (Å²) in [4.78, 5) is 18.2. The molecule has 4 saturated heterocycles. The van der Waals surface area contributed by atoms with Crippen LogP contribution in [0.25, 0.3) is 0 Å². The highest BCUT2D eigenvalue weighted by Gasteiger charge is 2.82. The van der Waals surface area contributed by atoms with Gasteiger partial charge in [0.15, 0.2) is 0 Å². The second-order valence-electron chi connectivity index (χ2n) is 9.42. The highest BCUT2D eigenvalue weighted by molar-refractivity contribution is 5.84. The van der Waals surface area contributed by atoms with E-state index in [0.29, 0.717) is 6.04 Å². The molecule has 0 aromatic heterocycles. The minimum atomic E-state index is -0.886. The molecule has 7 rings (SSSR count). The molecule has 154 valence electrons. The van der Waals surface area contributed by atoms with Crippen LogP contribution in [0.4, 0.5) is 5.69 Å². The normalized spacial score (nSPS) is 46.8. The predicted octanol–water partition coefficient (Wildman–Crippen LogP) is 1.71. The van der Waals surface area contributed by atoms with Crippen molar-refractivity contribution in [2.24, 2.45) is 11.3 Å². The molecule has 1 N–H and O–H groups in total. The van der Waals surface area contributed by atoms with E-state index in [1.807, 2.05) is 6.07 Å². The first-order valence-electron chi connectivity index (χ1n) is 10.6. The Morgan fingerprint density at radius 2 is 2.14 bits per heavy atom. The quantitative estimate of drug-likeness (QED) is 0.607. The number of fused-ring (bicyclic) bond motifs is 2. The number of piperidine rings is 4. The molecule has 0 amide bonds. The number of carbonyl (C=O) groups excluding carboxylic acids is 1. The van der Waals surface area contributed by atoms with Crippen molar-refractivity contribution in [3.8, 4) is 5.75 Å². The summed E-state index contributed by atoms with van der Waals surface area (Å²) >= 11 is 0. The number of aliphatic hydroxyl groups is 1. The monoisotopic (exact) mass is 396 g/mol. The molecule has 5 heterocycles. The first-order chi connectivity index (χ1) is 14.0. The maximum Gasteiger partial charge on any atom is 0.316 e. The smallest absolute Gasteiger partial charge is 0.316 e. The Balaban J connectivity index is 1.64. The van der Waals surface area contributed by atoms with Gasteiger partial charge in [-0.05, 0) is 31.4 Å². The number of methoxy groups -OCH3 is 2. The van der Waals surface area contributed by atoms with E-state index in [9.17, 15) is 9.90 Å². The Morgan fingerprint density at radius 1 is 1.34 bits per heavy atom. The van der Waals surface area contributed by atoms with Crippen LogP contribution in [-0.4, -0.2) is 68.0 Å². The molecular formula is C23H28N2O4. The van der Waals surface area contributed by atoms with Crippen LogP contribution in [-0.2, 0) is 14.9 Å². The van der Waals surface area contributed by atoms with E-state index in [1.54, 1.807) is 7.11 Å². The Labute approximate surface area is 171 Å². The Kier molecular flexibility index (Phi) is 3.28. The Hall–Kier alpha value is -2.05. The van der Waals surface area contributed by atoms with Crippen molar-refractivity contribution in [2.75, 3.05) is 32.7 Å². The lowest BCUT2D eigenvalue weighted by Crippen LogP contribution is -2.71. The van der Waals surface area contributed by atoms with Crippen molar-refractivity contribution in [2.45, 2.75) is 49.4 Å². The van der Waals surface area contributed by atoms with Gasteiger partial charge in [0.25, 0.3) is 0 Å². The minimum Gasteiger partial charge on any atom is -0.497 e. The summed E-state index contributed by atoms with van der Waals surface area (Å²) in [5.41, 5.74) is 2.21. The lowest BCUT2D eigenvalue weighted by molar-refractivity contribution is -0.179. The van der Waals surface area contributed by atoms with E-state index in [1.165, 1.54) is 12.7 Å². The first kappa shape index (κ1) is 17.8. The molecule has 29 heavy (non-hydrogen) atoms. The highest BCUT2D eigenvalue weighted by atomic mass is 16.5. The zero-order valence-electron chi connectivity index (χ0n) is 17.4. The molecule has 5 bridgehead atoms. The van der Waals surface area contributed by atoms with Crippen LogP contribution in [0, 0.1) is 11.3 Å². The van der Waals surface area contributed by atoms with Crippen molar-refractivity contribution in [1.82, 2.24) is 4.90 Å². The zero-order valence-corrected chi connectivity index (χ0v) is 17.4. The second-order valence-corrected chi connectivity index (χ2v) is 9.42. The van der Waals surface area contributed by atoms with Gasteiger partial charge in [-0.1, -0.05) is 17.7 Å². The van der Waals surface area contributed by atoms with Gasteiger partial charge >= 0.3 is 5.97 Å². The molecule has 1 unspecified atom stereocenters. The number of hydrogen-bond donors (Lipinski definition) is 1.